The van der Waals surface area contributed by atoms with Crippen LogP contribution in [-0.2, 0) is 19.3 Å². The monoisotopic (exact) mass is 299 g/mol. The number of hydrogen-bond donors (Lipinski definition) is 0. The van der Waals surface area contributed by atoms with Crippen molar-refractivity contribution in [3.8, 4) is 0 Å². The average Bonchev–Trinajstić information content (AvgIpc) is 2.47. The summed E-state index contributed by atoms with van der Waals surface area (Å²) < 4.78 is 35.4. The third-order valence-corrected chi connectivity index (χ3v) is 5.05. The summed E-state index contributed by atoms with van der Waals surface area (Å²) in [7, 11) is -3.34. The summed E-state index contributed by atoms with van der Waals surface area (Å²) in [6.45, 7) is 2.98. The van der Waals surface area contributed by atoms with E-state index in [1.54, 1.807) is 12.1 Å². The summed E-state index contributed by atoms with van der Waals surface area (Å²) in [4.78, 5) is 3.90. The van der Waals surface area contributed by atoms with E-state index >= 15 is 0 Å². The van der Waals surface area contributed by atoms with Gasteiger partial charge in [0.1, 0.15) is 0 Å². The molecule has 1 saturated heterocycles. The second-order valence-corrected chi connectivity index (χ2v) is 7.17. The predicted octanol–water partition coefficient (Wildman–Crippen LogP) is 2.03. The lowest BCUT2D eigenvalue weighted by Gasteiger charge is -2.24. The SMILES string of the molecule is C[C@@H](COC1CCCCO1)CS(=O)(=O)c1ccccn1. The van der Waals surface area contributed by atoms with E-state index in [4.69, 9.17) is 9.47 Å². The molecule has 0 radical (unpaired) electrons. The maximum Gasteiger partial charge on any atom is 0.195 e. The van der Waals surface area contributed by atoms with Crippen LogP contribution in [0.1, 0.15) is 26.2 Å². The molecule has 0 saturated carbocycles. The molecule has 0 N–H and O–H groups in total. The van der Waals surface area contributed by atoms with Gasteiger partial charge < -0.3 is 9.47 Å². The van der Waals surface area contributed by atoms with Crippen molar-refractivity contribution in [3.05, 3.63) is 24.4 Å². The molecule has 0 bridgehead atoms. The zero-order valence-electron chi connectivity index (χ0n) is 11.7. The molecule has 2 heterocycles. The quantitative estimate of drug-likeness (QED) is 0.804. The van der Waals surface area contributed by atoms with Crippen LogP contribution in [0.2, 0.25) is 0 Å². The van der Waals surface area contributed by atoms with Crippen LogP contribution in [0.4, 0.5) is 0 Å². The lowest BCUT2D eigenvalue weighted by Crippen LogP contribution is -2.26. The van der Waals surface area contributed by atoms with Gasteiger partial charge in [0.2, 0.25) is 0 Å². The lowest BCUT2D eigenvalue weighted by atomic mass is 10.2. The maximum absolute atomic E-state index is 12.1. The van der Waals surface area contributed by atoms with Crippen LogP contribution in [0, 0.1) is 5.92 Å². The lowest BCUT2D eigenvalue weighted by molar-refractivity contribution is -0.167. The van der Waals surface area contributed by atoms with Crippen LogP contribution in [0.5, 0.6) is 0 Å². The van der Waals surface area contributed by atoms with Gasteiger partial charge >= 0.3 is 0 Å². The molecule has 2 atom stereocenters. The Labute approximate surface area is 120 Å². The highest BCUT2D eigenvalue weighted by Gasteiger charge is 2.21. The topological polar surface area (TPSA) is 65.5 Å². The molecule has 0 aliphatic carbocycles. The van der Waals surface area contributed by atoms with Gasteiger partial charge in [0, 0.05) is 12.8 Å². The Morgan fingerprint density at radius 3 is 2.95 bits per heavy atom. The summed E-state index contributed by atoms with van der Waals surface area (Å²) in [5.74, 6) is -0.0518. The Bertz CT molecular complexity index is 497. The van der Waals surface area contributed by atoms with E-state index in [-0.39, 0.29) is 23.0 Å². The van der Waals surface area contributed by atoms with Gasteiger partial charge in [-0.2, -0.15) is 0 Å². The normalized spacial score (nSPS) is 21.6. The van der Waals surface area contributed by atoms with E-state index in [9.17, 15) is 8.42 Å². The number of rotatable bonds is 6. The third-order valence-electron chi connectivity index (χ3n) is 3.16. The van der Waals surface area contributed by atoms with E-state index in [0.29, 0.717) is 6.61 Å². The molecule has 20 heavy (non-hydrogen) atoms. The van der Waals surface area contributed by atoms with Crippen molar-refractivity contribution >= 4 is 9.84 Å². The fourth-order valence-electron chi connectivity index (χ4n) is 2.15. The number of sulfone groups is 1. The average molecular weight is 299 g/mol. The van der Waals surface area contributed by atoms with Crippen LogP contribution >= 0.6 is 0 Å². The van der Waals surface area contributed by atoms with E-state index in [1.807, 2.05) is 6.92 Å². The molecule has 1 aromatic heterocycles. The summed E-state index contributed by atoms with van der Waals surface area (Å²) >= 11 is 0. The molecule has 1 aliphatic rings. The highest BCUT2D eigenvalue weighted by atomic mass is 32.2. The van der Waals surface area contributed by atoms with Gasteiger partial charge in [-0.25, -0.2) is 13.4 Å². The van der Waals surface area contributed by atoms with E-state index in [0.717, 1.165) is 25.9 Å². The Morgan fingerprint density at radius 2 is 2.30 bits per heavy atom. The van der Waals surface area contributed by atoms with Crippen molar-refractivity contribution in [1.82, 2.24) is 4.98 Å². The van der Waals surface area contributed by atoms with Crippen molar-refractivity contribution in [1.29, 1.82) is 0 Å². The van der Waals surface area contributed by atoms with Gasteiger partial charge in [0.05, 0.1) is 12.4 Å². The van der Waals surface area contributed by atoms with Crippen LogP contribution in [0.3, 0.4) is 0 Å². The Balaban J connectivity index is 1.83. The van der Waals surface area contributed by atoms with E-state index < -0.39 is 9.84 Å². The highest BCUT2D eigenvalue weighted by molar-refractivity contribution is 7.91. The first-order chi connectivity index (χ1) is 9.58. The predicted molar refractivity (Wildman–Crippen MR) is 75.0 cm³/mol. The minimum absolute atomic E-state index is 0.0384. The second-order valence-electron chi connectivity index (χ2n) is 5.18. The molecular formula is C14H21NO4S. The molecule has 0 aromatic carbocycles. The first-order valence-electron chi connectivity index (χ1n) is 6.95. The zero-order chi connectivity index (χ0) is 14.4. The number of pyridine rings is 1. The smallest absolute Gasteiger partial charge is 0.195 e. The molecule has 1 unspecified atom stereocenters. The van der Waals surface area contributed by atoms with E-state index in [1.165, 1.54) is 12.3 Å². The Morgan fingerprint density at radius 1 is 1.45 bits per heavy atom. The minimum Gasteiger partial charge on any atom is -0.353 e. The Kier molecular flexibility index (Phi) is 5.51. The fourth-order valence-corrected chi connectivity index (χ4v) is 3.68. The largest absolute Gasteiger partial charge is 0.353 e. The zero-order valence-corrected chi connectivity index (χ0v) is 12.5. The van der Waals surface area contributed by atoms with Crippen LogP contribution < -0.4 is 0 Å². The first kappa shape index (κ1) is 15.4. The first-order valence-corrected chi connectivity index (χ1v) is 8.60. The summed E-state index contributed by atoms with van der Waals surface area (Å²) in [5.41, 5.74) is 0. The van der Waals surface area contributed by atoms with Crippen molar-refractivity contribution in [3.63, 3.8) is 0 Å². The summed E-state index contributed by atoms with van der Waals surface area (Å²) in [5, 5.41) is 0.126. The summed E-state index contributed by atoms with van der Waals surface area (Å²) in [6, 6.07) is 4.90. The second kappa shape index (κ2) is 7.15. The van der Waals surface area contributed by atoms with Gasteiger partial charge in [-0.1, -0.05) is 13.0 Å². The van der Waals surface area contributed by atoms with Crippen LogP contribution in [0.25, 0.3) is 0 Å². The Hall–Kier alpha value is -0.980. The highest BCUT2D eigenvalue weighted by Crippen LogP contribution is 2.16. The maximum atomic E-state index is 12.1. The molecule has 5 nitrogen and oxygen atoms in total. The molecule has 1 aliphatic heterocycles. The van der Waals surface area contributed by atoms with Crippen LogP contribution in [-0.4, -0.2) is 38.7 Å². The summed E-state index contributed by atoms with van der Waals surface area (Å²) in [6.07, 6.45) is 4.38. The van der Waals surface area contributed by atoms with Gasteiger partial charge in [0.15, 0.2) is 21.2 Å². The molecule has 112 valence electrons. The van der Waals surface area contributed by atoms with Gasteiger partial charge in [-0.3, -0.25) is 0 Å². The standard InChI is InChI=1S/C14H21NO4S/c1-12(10-19-14-7-3-5-9-18-14)11-20(16,17)13-6-2-4-8-15-13/h2,4,6,8,12,14H,3,5,7,9-11H2,1H3/t12-,14?/m0/s1. The minimum atomic E-state index is -3.34. The fraction of sp³-hybridized carbons (Fsp3) is 0.643. The van der Waals surface area contributed by atoms with Crippen molar-refractivity contribution in [2.24, 2.45) is 5.92 Å². The van der Waals surface area contributed by atoms with Gasteiger partial charge in [-0.05, 0) is 37.3 Å². The molecule has 6 heteroatoms. The van der Waals surface area contributed by atoms with Crippen molar-refractivity contribution < 1.29 is 17.9 Å². The number of hydrogen-bond acceptors (Lipinski definition) is 5. The third kappa shape index (κ3) is 4.54. The van der Waals surface area contributed by atoms with Gasteiger partial charge in [0.25, 0.3) is 0 Å². The van der Waals surface area contributed by atoms with Crippen molar-refractivity contribution in [2.45, 2.75) is 37.5 Å². The van der Waals surface area contributed by atoms with Crippen molar-refractivity contribution in [2.75, 3.05) is 19.0 Å². The van der Waals surface area contributed by atoms with E-state index in [2.05, 4.69) is 4.98 Å². The molecule has 2 rings (SSSR count). The number of ether oxygens (including phenoxy) is 2. The molecule has 1 aromatic rings. The van der Waals surface area contributed by atoms with Crippen LogP contribution in [0.15, 0.2) is 29.4 Å². The number of aromatic nitrogens is 1. The molecule has 1 fully saturated rings. The molecule has 0 amide bonds. The molecular weight excluding hydrogens is 278 g/mol. The molecule has 0 spiro atoms. The van der Waals surface area contributed by atoms with Gasteiger partial charge in [-0.15, -0.1) is 0 Å². The number of nitrogens with zero attached hydrogens (tertiary/aromatic N) is 1.